The summed E-state index contributed by atoms with van der Waals surface area (Å²) in [5.41, 5.74) is 1.08. The molecular formula is C30H30O8. The first kappa shape index (κ1) is 26.6. The van der Waals surface area contributed by atoms with E-state index >= 15 is 0 Å². The maximum Gasteiger partial charge on any atom is 0.169 e. The Hall–Kier alpha value is -4.46. The average molecular weight is 519 g/mol. The van der Waals surface area contributed by atoms with E-state index in [1.807, 2.05) is 0 Å². The molecule has 4 aromatic carbocycles. The van der Waals surface area contributed by atoms with E-state index in [-0.39, 0.29) is 55.3 Å². The van der Waals surface area contributed by atoms with Crippen LogP contribution < -0.4 is 0 Å². The van der Waals surface area contributed by atoms with Gasteiger partial charge < -0.3 is 30.6 Å². The predicted molar refractivity (Wildman–Crippen MR) is 145 cm³/mol. The number of carbonyl (C=O) groups is 2. The Morgan fingerprint density at radius 3 is 1.13 bits per heavy atom. The molecule has 0 fully saturated rings. The van der Waals surface area contributed by atoms with Gasteiger partial charge in [0.05, 0.1) is 11.1 Å². The van der Waals surface area contributed by atoms with Crippen molar-refractivity contribution in [2.75, 3.05) is 0 Å². The molecule has 0 bridgehead atoms. The number of phenols is 6. The highest BCUT2D eigenvalue weighted by atomic mass is 16.3. The summed E-state index contributed by atoms with van der Waals surface area (Å²) in [6.07, 6.45) is 0. The minimum atomic E-state index is -0.580. The van der Waals surface area contributed by atoms with Gasteiger partial charge in [-0.25, -0.2) is 0 Å². The molecule has 6 N–H and O–H groups in total. The summed E-state index contributed by atoms with van der Waals surface area (Å²) in [6, 6.07) is 5.47. The minimum Gasteiger partial charge on any atom is -0.507 e. The van der Waals surface area contributed by atoms with E-state index < -0.39 is 46.4 Å². The molecule has 0 amide bonds. The number of Topliss-reactive ketones (excluding diaryl/α,β-unsaturated/α-hetero) is 2. The fraction of sp³-hybridized carbons (Fsp3) is 0.267. The normalized spacial score (nSPS) is 11.7. The molecule has 0 spiro atoms. The fourth-order valence-electron chi connectivity index (χ4n) is 4.97. The van der Waals surface area contributed by atoms with Crippen molar-refractivity contribution in [3.63, 3.8) is 0 Å². The SMILES string of the molecule is Cc1cc2c(C(=O)C(C)C)c(O)c(O)cc2c(O)c1-c1c(C)cc2c(C(=O)C(C)C)c(O)c(O)cc2c1O. The van der Waals surface area contributed by atoms with Crippen LogP contribution in [0.5, 0.6) is 34.5 Å². The first-order valence-corrected chi connectivity index (χ1v) is 12.2. The topological polar surface area (TPSA) is 156 Å². The summed E-state index contributed by atoms with van der Waals surface area (Å²) in [4.78, 5) is 25.8. The summed E-state index contributed by atoms with van der Waals surface area (Å²) in [6.45, 7) is 9.93. The van der Waals surface area contributed by atoms with Gasteiger partial charge in [-0.05, 0) is 49.2 Å². The van der Waals surface area contributed by atoms with E-state index in [9.17, 15) is 40.2 Å². The average Bonchev–Trinajstić information content (AvgIpc) is 2.83. The van der Waals surface area contributed by atoms with Crippen LogP contribution in [0.15, 0.2) is 24.3 Å². The van der Waals surface area contributed by atoms with Gasteiger partial charge in [-0.1, -0.05) is 27.7 Å². The van der Waals surface area contributed by atoms with Crippen molar-refractivity contribution in [2.45, 2.75) is 41.5 Å². The molecule has 0 aliphatic rings. The van der Waals surface area contributed by atoms with Gasteiger partial charge in [-0.15, -0.1) is 0 Å². The van der Waals surface area contributed by atoms with Crippen LogP contribution in [-0.4, -0.2) is 42.2 Å². The molecule has 0 aliphatic carbocycles. The van der Waals surface area contributed by atoms with E-state index in [2.05, 4.69) is 0 Å². The van der Waals surface area contributed by atoms with Gasteiger partial charge >= 0.3 is 0 Å². The maximum absolute atomic E-state index is 12.9. The Kier molecular flexibility index (Phi) is 6.39. The molecule has 0 atom stereocenters. The predicted octanol–water partition coefficient (Wildman–Crippen LogP) is 6.19. The number of fused-ring (bicyclic) bond motifs is 2. The first-order chi connectivity index (χ1) is 17.7. The molecule has 8 heteroatoms. The summed E-state index contributed by atoms with van der Waals surface area (Å²) >= 11 is 0. The Morgan fingerprint density at radius 2 is 0.842 bits per heavy atom. The van der Waals surface area contributed by atoms with Gasteiger partial charge in [-0.3, -0.25) is 9.59 Å². The van der Waals surface area contributed by atoms with Gasteiger partial charge in [0.1, 0.15) is 11.5 Å². The number of hydrogen-bond acceptors (Lipinski definition) is 8. The van der Waals surface area contributed by atoms with Crippen LogP contribution in [0.2, 0.25) is 0 Å². The zero-order valence-corrected chi connectivity index (χ0v) is 22.0. The molecule has 0 radical (unpaired) electrons. The second-order valence-corrected chi connectivity index (χ2v) is 10.3. The van der Waals surface area contributed by atoms with Gasteiger partial charge in [0.15, 0.2) is 34.6 Å². The Labute approximate surface area is 219 Å². The van der Waals surface area contributed by atoms with Crippen molar-refractivity contribution in [2.24, 2.45) is 11.8 Å². The lowest BCUT2D eigenvalue weighted by molar-refractivity contribution is 0.0930. The van der Waals surface area contributed by atoms with E-state index in [1.165, 1.54) is 0 Å². The van der Waals surface area contributed by atoms with E-state index in [4.69, 9.17) is 0 Å². The van der Waals surface area contributed by atoms with Crippen LogP contribution in [0.1, 0.15) is 59.5 Å². The second-order valence-electron chi connectivity index (χ2n) is 10.3. The third-order valence-corrected chi connectivity index (χ3v) is 6.93. The first-order valence-electron chi connectivity index (χ1n) is 12.2. The lowest BCUT2D eigenvalue weighted by atomic mass is 9.85. The molecule has 8 nitrogen and oxygen atoms in total. The largest absolute Gasteiger partial charge is 0.507 e. The molecule has 0 unspecified atom stereocenters. The summed E-state index contributed by atoms with van der Waals surface area (Å²) < 4.78 is 0. The van der Waals surface area contributed by atoms with E-state index in [0.29, 0.717) is 11.1 Å². The Bertz CT molecular complexity index is 1550. The molecule has 0 aliphatic heterocycles. The van der Waals surface area contributed by atoms with Crippen LogP contribution in [0.3, 0.4) is 0 Å². The zero-order valence-electron chi connectivity index (χ0n) is 22.0. The lowest BCUT2D eigenvalue weighted by Gasteiger charge is -2.20. The fourth-order valence-corrected chi connectivity index (χ4v) is 4.97. The van der Waals surface area contributed by atoms with Crippen LogP contribution in [-0.2, 0) is 0 Å². The molecule has 0 aromatic heterocycles. The van der Waals surface area contributed by atoms with Crippen molar-refractivity contribution in [1.82, 2.24) is 0 Å². The monoisotopic (exact) mass is 518 g/mol. The van der Waals surface area contributed by atoms with Crippen molar-refractivity contribution in [3.8, 4) is 45.6 Å². The number of benzene rings is 4. The molecule has 0 saturated heterocycles. The second kappa shape index (κ2) is 9.13. The van der Waals surface area contributed by atoms with Crippen molar-refractivity contribution >= 4 is 33.1 Å². The molecule has 38 heavy (non-hydrogen) atoms. The number of aromatic hydroxyl groups is 6. The molecule has 0 heterocycles. The molecule has 4 rings (SSSR count). The highest BCUT2D eigenvalue weighted by Crippen LogP contribution is 2.51. The smallest absolute Gasteiger partial charge is 0.169 e. The molecule has 198 valence electrons. The number of rotatable bonds is 5. The Morgan fingerprint density at radius 1 is 0.526 bits per heavy atom. The standard InChI is InChI=1S/C30H30O8/c1-11(2)25(33)23-15-7-13(5)21(27(35)17(15)9-19(31)29(23)37)22-14(6)8-16-18(28(22)36)10-20(32)30(38)24(16)26(34)12(3)4/h7-12,31-32,35-38H,1-6H3. The van der Waals surface area contributed by atoms with E-state index in [0.717, 1.165) is 12.1 Å². The van der Waals surface area contributed by atoms with Crippen molar-refractivity contribution in [1.29, 1.82) is 0 Å². The van der Waals surface area contributed by atoms with Crippen LogP contribution in [0, 0.1) is 25.7 Å². The third-order valence-electron chi connectivity index (χ3n) is 6.93. The lowest BCUT2D eigenvalue weighted by Crippen LogP contribution is -2.09. The van der Waals surface area contributed by atoms with E-state index in [1.54, 1.807) is 53.7 Å². The van der Waals surface area contributed by atoms with Crippen molar-refractivity contribution in [3.05, 3.63) is 46.5 Å². The highest BCUT2D eigenvalue weighted by molar-refractivity contribution is 6.17. The number of aryl methyl sites for hydroxylation is 2. The Balaban J connectivity index is 2.13. The highest BCUT2D eigenvalue weighted by Gasteiger charge is 2.28. The van der Waals surface area contributed by atoms with Crippen LogP contribution in [0.4, 0.5) is 0 Å². The number of ketones is 2. The summed E-state index contributed by atoms with van der Waals surface area (Å²) in [5, 5.41) is 65.2. The maximum atomic E-state index is 12.9. The third kappa shape index (κ3) is 3.84. The number of carbonyl (C=O) groups excluding carboxylic acids is 2. The summed E-state index contributed by atoms with van der Waals surface area (Å²) in [7, 11) is 0. The van der Waals surface area contributed by atoms with Crippen LogP contribution in [0.25, 0.3) is 32.7 Å². The zero-order chi connectivity index (χ0) is 28.4. The van der Waals surface area contributed by atoms with Gasteiger partial charge in [0.2, 0.25) is 0 Å². The van der Waals surface area contributed by atoms with Crippen molar-refractivity contribution < 1.29 is 40.2 Å². The van der Waals surface area contributed by atoms with Crippen LogP contribution >= 0.6 is 0 Å². The number of hydrogen-bond donors (Lipinski definition) is 6. The van der Waals surface area contributed by atoms with Gasteiger partial charge in [0, 0.05) is 44.5 Å². The quantitative estimate of drug-likeness (QED) is 0.135. The molecule has 4 aromatic rings. The van der Waals surface area contributed by atoms with Gasteiger partial charge in [0.25, 0.3) is 0 Å². The van der Waals surface area contributed by atoms with Gasteiger partial charge in [-0.2, -0.15) is 0 Å². The molecular weight excluding hydrogens is 488 g/mol. The molecule has 0 saturated carbocycles. The minimum absolute atomic E-state index is 0.0908. The summed E-state index contributed by atoms with van der Waals surface area (Å²) in [5.74, 6) is -4.82. The number of phenolic OH excluding ortho intramolecular Hbond substituents is 6.